The van der Waals surface area contributed by atoms with Crippen molar-refractivity contribution in [2.24, 2.45) is 0 Å². The summed E-state index contributed by atoms with van der Waals surface area (Å²) in [5.74, 6) is 1.79. The van der Waals surface area contributed by atoms with E-state index in [2.05, 4.69) is 0 Å². The smallest absolute Gasteiger partial charge is 0.164 e. The van der Waals surface area contributed by atoms with Gasteiger partial charge in [-0.05, 0) is 27.1 Å². The van der Waals surface area contributed by atoms with Gasteiger partial charge in [0.2, 0.25) is 0 Å². The third kappa shape index (κ3) is 3.17. The van der Waals surface area contributed by atoms with Gasteiger partial charge in [0.25, 0.3) is 0 Å². The lowest BCUT2D eigenvalue weighted by Crippen LogP contribution is -2.26. The monoisotopic (exact) mass is 267 g/mol. The molecule has 1 unspecified atom stereocenters. The van der Waals surface area contributed by atoms with Crippen LogP contribution in [0.15, 0.2) is 12.1 Å². The minimum atomic E-state index is -0.380. The zero-order chi connectivity index (χ0) is 14.6. The Labute approximate surface area is 114 Å². The van der Waals surface area contributed by atoms with Gasteiger partial charge < -0.3 is 14.2 Å². The average molecular weight is 267 g/mol. The van der Waals surface area contributed by atoms with Crippen LogP contribution in [0.2, 0.25) is 0 Å². The second-order valence-corrected chi connectivity index (χ2v) is 4.43. The van der Waals surface area contributed by atoms with Crippen LogP contribution >= 0.6 is 0 Å². The number of rotatable bonds is 6. The van der Waals surface area contributed by atoms with Crippen LogP contribution in [-0.4, -0.2) is 46.1 Å². The van der Waals surface area contributed by atoms with Crippen molar-refractivity contribution in [2.75, 3.05) is 35.4 Å². The van der Waals surface area contributed by atoms with Crippen LogP contribution in [0.3, 0.4) is 0 Å². The SMILES string of the molecule is COc1cc(OC)c(C(C(C)=O)N(C)C)cc1OC. The molecule has 0 aromatic heterocycles. The first-order valence-corrected chi connectivity index (χ1v) is 5.93. The Hall–Kier alpha value is -1.75. The van der Waals surface area contributed by atoms with E-state index in [-0.39, 0.29) is 11.8 Å². The molecule has 0 bridgehead atoms. The van der Waals surface area contributed by atoms with Gasteiger partial charge in [-0.2, -0.15) is 0 Å². The van der Waals surface area contributed by atoms with Crippen molar-refractivity contribution in [3.05, 3.63) is 17.7 Å². The second-order valence-electron chi connectivity index (χ2n) is 4.43. The van der Waals surface area contributed by atoms with E-state index in [0.29, 0.717) is 17.2 Å². The summed E-state index contributed by atoms with van der Waals surface area (Å²) < 4.78 is 15.9. The van der Waals surface area contributed by atoms with E-state index in [9.17, 15) is 4.79 Å². The normalized spacial score (nSPS) is 12.2. The largest absolute Gasteiger partial charge is 0.496 e. The highest BCUT2D eigenvalue weighted by Crippen LogP contribution is 2.38. The molecule has 0 N–H and O–H groups in total. The van der Waals surface area contributed by atoms with E-state index in [1.54, 1.807) is 40.4 Å². The van der Waals surface area contributed by atoms with Crippen molar-refractivity contribution >= 4 is 5.78 Å². The number of likely N-dealkylation sites (N-methyl/N-ethyl adjacent to an activating group) is 1. The first-order chi connectivity index (χ1) is 8.96. The third-order valence-corrected chi connectivity index (χ3v) is 2.93. The van der Waals surface area contributed by atoms with Gasteiger partial charge in [0.1, 0.15) is 5.75 Å². The van der Waals surface area contributed by atoms with Gasteiger partial charge in [-0.15, -0.1) is 0 Å². The molecule has 1 atom stereocenters. The lowest BCUT2D eigenvalue weighted by Gasteiger charge is -2.25. The molecule has 0 saturated carbocycles. The van der Waals surface area contributed by atoms with Gasteiger partial charge in [0.05, 0.1) is 27.4 Å². The lowest BCUT2D eigenvalue weighted by atomic mass is 10.0. The first-order valence-electron chi connectivity index (χ1n) is 5.93. The number of carbonyl (C=O) groups is 1. The van der Waals surface area contributed by atoms with Crippen molar-refractivity contribution in [1.29, 1.82) is 0 Å². The molecule has 0 aliphatic heterocycles. The van der Waals surface area contributed by atoms with Crippen molar-refractivity contribution in [2.45, 2.75) is 13.0 Å². The maximum atomic E-state index is 11.8. The molecule has 0 heterocycles. The molecular weight excluding hydrogens is 246 g/mol. The molecule has 106 valence electrons. The van der Waals surface area contributed by atoms with Gasteiger partial charge in [0.15, 0.2) is 17.3 Å². The van der Waals surface area contributed by atoms with Crippen LogP contribution < -0.4 is 14.2 Å². The summed E-state index contributed by atoms with van der Waals surface area (Å²) in [7, 11) is 8.39. The van der Waals surface area contributed by atoms with Gasteiger partial charge in [0, 0.05) is 11.6 Å². The van der Waals surface area contributed by atoms with Crippen molar-refractivity contribution < 1.29 is 19.0 Å². The van der Waals surface area contributed by atoms with Crippen LogP contribution in [0.1, 0.15) is 18.5 Å². The zero-order valence-electron chi connectivity index (χ0n) is 12.3. The number of ether oxygens (including phenoxy) is 3. The highest BCUT2D eigenvalue weighted by atomic mass is 16.5. The Morgan fingerprint density at radius 3 is 1.84 bits per heavy atom. The summed E-state index contributed by atoms with van der Waals surface area (Å²) in [6, 6.07) is 3.13. The fourth-order valence-electron chi connectivity index (χ4n) is 2.13. The molecule has 1 aromatic rings. The minimum Gasteiger partial charge on any atom is -0.496 e. The molecule has 1 rings (SSSR count). The molecule has 0 radical (unpaired) electrons. The Morgan fingerprint density at radius 2 is 1.47 bits per heavy atom. The Kier molecular flexibility index (Phi) is 5.18. The van der Waals surface area contributed by atoms with Gasteiger partial charge in [-0.25, -0.2) is 0 Å². The summed E-state index contributed by atoms with van der Waals surface area (Å²) in [4.78, 5) is 13.7. The molecule has 19 heavy (non-hydrogen) atoms. The Morgan fingerprint density at radius 1 is 1.00 bits per heavy atom. The maximum Gasteiger partial charge on any atom is 0.164 e. The first kappa shape index (κ1) is 15.3. The predicted octanol–water partition coefficient (Wildman–Crippen LogP) is 1.90. The molecular formula is C14H21NO4. The molecule has 0 spiro atoms. The quantitative estimate of drug-likeness (QED) is 0.788. The molecule has 0 fully saturated rings. The summed E-state index contributed by atoms with van der Waals surface area (Å²) >= 11 is 0. The number of hydrogen-bond acceptors (Lipinski definition) is 5. The highest BCUT2D eigenvalue weighted by Gasteiger charge is 2.25. The Bertz CT molecular complexity index is 457. The van der Waals surface area contributed by atoms with E-state index in [1.165, 1.54) is 0 Å². The van der Waals surface area contributed by atoms with E-state index >= 15 is 0 Å². The fraction of sp³-hybridized carbons (Fsp3) is 0.500. The summed E-state index contributed by atoms with van der Waals surface area (Å²) in [6.45, 7) is 1.56. The lowest BCUT2D eigenvalue weighted by molar-refractivity contribution is -0.121. The molecule has 0 aliphatic carbocycles. The summed E-state index contributed by atoms with van der Waals surface area (Å²) in [5.41, 5.74) is 0.762. The molecule has 5 nitrogen and oxygen atoms in total. The summed E-state index contributed by atoms with van der Waals surface area (Å²) in [5, 5.41) is 0. The average Bonchev–Trinajstić information content (AvgIpc) is 2.37. The van der Waals surface area contributed by atoms with Crippen LogP contribution in [-0.2, 0) is 4.79 Å². The van der Waals surface area contributed by atoms with Crippen LogP contribution in [0.25, 0.3) is 0 Å². The minimum absolute atomic E-state index is 0.0375. The summed E-state index contributed by atoms with van der Waals surface area (Å²) in [6.07, 6.45) is 0. The van der Waals surface area contributed by atoms with Crippen molar-refractivity contribution in [3.8, 4) is 17.2 Å². The topological polar surface area (TPSA) is 48.0 Å². The van der Waals surface area contributed by atoms with Crippen molar-refractivity contribution in [1.82, 2.24) is 4.90 Å². The van der Waals surface area contributed by atoms with Crippen LogP contribution in [0.5, 0.6) is 17.2 Å². The predicted molar refractivity (Wildman–Crippen MR) is 73.2 cm³/mol. The van der Waals surface area contributed by atoms with E-state index in [1.807, 2.05) is 19.0 Å². The highest BCUT2D eigenvalue weighted by molar-refractivity contribution is 5.84. The van der Waals surface area contributed by atoms with Gasteiger partial charge in [-0.1, -0.05) is 0 Å². The van der Waals surface area contributed by atoms with E-state index in [4.69, 9.17) is 14.2 Å². The number of hydrogen-bond donors (Lipinski definition) is 0. The van der Waals surface area contributed by atoms with Crippen LogP contribution in [0.4, 0.5) is 0 Å². The van der Waals surface area contributed by atoms with Crippen LogP contribution in [0, 0.1) is 0 Å². The number of benzene rings is 1. The van der Waals surface area contributed by atoms with Gasteiger partial charge in [-0.3, -0.25) is 9.69 Å². The second kappa shape index (κ2) is 6.43. The fourth-order valence-corrected chi connectivity index (χ4v) is 2.13. The third-order valence-electron chi connectivity index (χ3n) is 2.93. The standard InChI is InChI=1S/C14H21NO4/c1-9(16)14(15(2)3)10-7-12(18-5)13(19-6)8-11(10)17-4/h7-8,14H,1-6H3. The number of Topliss-reactive ketones (excluding diaryl/α,β-unsaturated/α-hetero) is 1. The number of nitrogens with zero attached hydrogens (tertiary/aromatic N) is 1. The molecule has 0 aliphatic rings. The van der Waals surface area contributed by atoms with Crippen molar-refractivity contribution in [3.63, 3.8) is 0 Å². The number of ketones is 1. The number of methoxy groups -OCH3 is 3. The molecule has 0 amide bonds. The molecule has 1 aromatic carbocycles. The van der Waals surface area contributed by atoms with E-state index in [0.717, 1.165) is 5.56 Å². The maximum absolute atomic E-state index is 11.8. The van der Waals surface area contributed by atoms with E-state index < -0.39 is 0 Å². The van der Waals surface area contributed by atoms with Gasteiger partial charge >= 0.3 is 0 Å². The molecule has 0 saturated heterocycles. The zero-order valence-corrected chi connectivity index (χ0v) is 12.3. The molecule has 5 heteroatoms. The Balaban J connectivity index is 3.43. The number of carbonyl (C=O) groups excluding carboxylic acids is 1.